The van der Waals surface area contributed by atoms with Crippen molar-refractivity contribution in [3.05, 3.63) is 437 Å². The molecule has 21 aromatic carbocycles. The highest BCUT2D eigenvalue weighted by Gasteiger charge is 2.26. The molecule has 0 aliphatic carbocycles. The van der Waals surface area contributed by atoms with Crippen LogP contribution in [0.25, 0.3) is 243 Å². The Morgan fingerprint density at radius 2 is 0.426 bits per heavy atom. The van der Waals surface area contributed by atoms with Gasteiger partial charge < -0.3 is 0 Å². The first-order valence-corrected chi connectivity index (χ1v) is 46.5. The molecule has 0 N–H and O–H groups in total. The molecule has 0 unspecified atom stereocenters. The van der Waals surface area contributed by atoms with Gasteiger partial charge in [0.15, 0.2) is 0 Å². The van der Waals surface area contributed by atoms with Crippen LogP contribution >= 0.6 is 34.0 Å². The van der Waals surface area contributed by atoms with Crippen LogP contribution in [-0.4, -0.2) is 28.7 Å². The van der Waals surface area contributed by atoms with Crippen LogP contribution < -0.4 is 0 Å². The Hall–Kier alpha value is -15.8. The number of rotatable bonds is 10. The van der Waals surface area contributed by atoms with Crippen LogP contribution in [0.5, 0.6) is 0 Å². The third-order valence-electron chi connectivity index (χ3n) is 25.9. The SMILES string of the molecule is CC(C)c1nc2c3ccccc3c3ccccc3c2n1-c1ccc(-c2cccc3c2sc2ccccc23)cc1.c1ccc(-c2ccc(-c3nc4c5ccccc5c5ccccc5c4n3-c3ccc(-c4cccc5c4sc4ccccc45)cc3)cc2)cc1.c1ccc(-c2nc3c4ccccc4c4ccccc4c3n2-c2ccc(-c3cccc4c3sc3ccccc34)cc2)cc1. The average Bonchev–Trinajstić information content (AvgIpc) is 1.59. The molecule has 6 heterocycles. The minimum Gasteiger partial charge on any atom is -0.295 e. The molecule has 6 nitrogen and oxygen atoms in total. The Labute approximate surface area is 755 Å². The molecule has 129 heavy (non-hydrogen) atoms. The predicted molar refractivity (Wildman–Crippen MR) is 554 cm³/mol. The van der Waals surface area contributed by atoms with Crippen molar-refractivity contribution in [2.75, 3.05) is 0 Å². The summed E-state index contributed by atoms with van der Waals surface area (Å²) in [6.45, 7) is 4.47. The van der Waals surface area contributed by atoms with Gasteiger partial charge in [0.25, 0.3) is 0 Å². The quantitative estimate of drug-likeness (QED) is 0.128. The minimum absolute atomic E-state index is 0.280. The van der Waals surface area contributed by atoms with E-state index in [0.717, 1.165) is 73.2 Å². The highest BCUT2D eigenvalue weighted by atomic mass is 32.1. The topological polar surface area (TPSA) is 53.5 Å². The zero-order valence-corrected chi connectivity index (χ0v) is 72.9. The number of hydrogen-bond donors (Lipinski definition) is 0. The lowest BCUT2D eigenvalue weighted by Gasteiger charge is -2.14. The van der Waals surface area contributed by atoms with Crippen molar-refractivity contribution in [1.82, 2.24) is 28.7 Å². The van der Waals surface area contributed by atoms with Crippen molar-refractivity contribution in [2.24, 2.45) is 0 Å². The van der Waals surface area contributed by atoms with Crippen LogP contribution in [0.2, 0.25) is 0 Å². The summed E-state index contributed by atoms with van der Waals surface area (Å²) < 4.78 is 15.1. The second-order valence-corrected chi connectivity index (χ2v) is 36.8. The maximum absolute atomic E-state index is 5.45. The highest BCUT2D eigenvalue weighted by molar-refractivity contribution is 7.27. The summed E-state index contributed by atoms with van der Waals surface area (Å²) in [5.74, 6) is 3.25. The molecule has 27 aromatic rings. The summed E-state index contributed by atoms with van der Waals surface area (Å²) in [5, 5.41) is 22.6. The molecule has 9 heteroatoms. The van der Waals surface area contributed by atoms with Crippen LogP contribution in [0.15, 0.2) is 431 Å². The van der Waals surface area contributed by atoms with E-state index in [1.165, 1.54) is 175 Å². The van der Waals surface area contributed by atoms with Crippen molar-refractivity contribution in [1.29, 1.82) is 0 Å². The Morgan fingerprint density at radius 3 is 0.775 bits per heavy atom. The maximum atomic E-state index is 5.45. The predicted octanol–water partition coefficient (Wildman–Crippen LogP) is 34.2. The Bertz CT molecular complexity index is 9130. The van der Waals surface area contributed by atoms with E-state index in [4.69, 9.17) is 15.0 Å². The van der Waals surface area contributed by atoms with Crippen LogP contribution in [0.3, 0.4) is 0 Å². The summed E-state index contributed by atoms with van der Waals surface area (Å²) in [4.78, 5) is 16.1. The lowest BCUT2D eigenvalue weighted by Crippen LogP contribution is -2.03. The van der Waals surface area contributed by atoms with Gasteiger partial charge in [-0.05, 0) is 131 Å². The molecule has 0 spiro atoms. The van der Waals surface area contributed by atoms with E-state index in [0.29, 0.717) is 0 Å². The number of hydrogen-bond acceptors (Lipinski definition) is 6. The van der Waals surface area contributed by atoms with Crippen LogP contribution in [0.4, 0.5) is 0 Å². The summed E-state index contributed by atoms with van der Waals surface area (Å²) in [6.07, 6.45) is 0. The van der Waals surface area contributed by atoms with E-state index < -0.39 is 0 Å². The van der Waals surface area contributed by atoms with Gasteiger partial charge in [-0.2, -0.15) is 0 Å². The van der Waals surface area contributed by atoms with E-state index in [9.17, 15) is 0 Å². The number of thiophene rings is 3. The van der Waals surface area contributed by atoms with Gasteiger partial charge in [-0.1, -0.05) is 390 Å². The largest absolute Gasteiger partial charge is 0.295 e. The first-order chi connectivity index (χ1) is 63.8. The first kappa shape index (κ1) is 75.8. The number of aromatic nitrogens is 6. The number of benzene rings is 21. The zero-order chi connectivity index (χ0) is 85.3. The van der Waals surface area contributed by atoms with Gasteiger partial charge >= 0.3 is 0 Å². The molecule has 0 aliphatic rings. The zero-order valence-electron chi connectivity index (χ0n) is 70.5. The molecule has 6 aromatic heterocycles. The molecule has 0 saturated carbocycles. The highest BCUT2D eigenvalue weighted by Crippen LogP contribution is 2.48. The van der Waals surface area contributed by atoms with Gasteiger partial charge in [0, 0.05) is 127 Å². The lowest BCUT2D eigenvalue weighted by molar-refractivity contribution is 0.760. The molecule has 0 aliphatic heterocycles. The monoisotopic (exact) mass is 1700 g/mol. The first-order valence-electron chi connectivity index (χ1n) is 44.1. The van der Waals surface area contributed by atoms with Gasteiger partial charge in [-0.3, -0.25) is 13.7 Å². The Balaban J connectivity index is 0.000000105. The van der Waals surface area contributed by atoms with Crippen molar-refractivity contribution in [2.45, 2.75) is 19.8 Å². The van der Waals surface area contributed by atoms with Gasteiger partial charge in [-0.25, -0.2) is 15.0 Å². The van der Waals surface area contributed by atoms with E-state index in [-0.39, 0.29) is 5.92 Å². The fourth-order valence-corrected chi connectivity index (χ4v) is 23.7. The second-order valence-electron chi connectivity index (χ2n) is 33.7. The van der Waals surface area contributed by atoms with E-state index in [1.807, 2.05) is 34.0 Å². The van der Waals surface area contributed by atoms with E-state index >= 15 is 0 Å². The molecule has 0 saturated heterocycles. The van der Waals surface area contributed by atoms with Gasteiger partial charge in [0.2, 0.25) is 0 Å². The fourth-order valence-electron chi connectivity index (χ4n) is 20.0. The molecule has 0 amide bonds. The lowest BCUT2D eigenvalue weighted by atomic mass is 9.99. The van der Waals surface area contributed by atoms with Crippen LogP contribution in [-0.2, 0) is 0 Å². The average molecular weight is 1700 g/mol. The third-order valence-corrected chi connectivity index (χ3v) is 29.6. The molecule has 0 fully saturated rings. The van der Waals surface area contributed by atoms with Crippen molar-refractivity contribution < 1.29 is 0 Å². The molecule has 0 bridgehead atoms. The molecular weight excluding hydrogens is 1620 g/mol. The van der Waals surface area contributed by atoms with Crippen molar-refractivity contribution >= 4 is 192 Å². The van der Waals surface area contributed by atoms with Gasteiger partial charge in [-0.15, -0.1) is 34.0 Å². The van der Waals surface area contributed by atoms with Crippen LogP contribution in [0, 0.1) is 0 Å². The minimum atomic E-state index is 0.280. The van der Waals surface area contributed by atoms with Gasteiger partial charge in [0.1, 0.15) is 17.5 Å². The fraction of sp³-hybridized carbons (Fsp3) is 0.0250. The van der Waals surface area contributed by atoms with Crippen molar-refractivity contribution in [3.8, 4) is 84.3 Å². The van der Waals surface area contributed by atoms with E-state index in [1.54, 1.807) is 0 Å². The summed E-state index contributed by atoms with van der Waals surface area (Å²) in [6, 6.07) is 155. The standard InChI is InChI=1S/C45H28N2S.C39H24N2S.C36H26N2S/c1-2-11-29(12-3-1)30-21-23-32(24-22-30)45-46-42-38-16-6-4-13-35(38)36-14-5-7-17-39(36)43(42)47(45)33-27-25-31(26-28-33)34-18-10-19-40-37-15-8-9-20-41(37)48-44(34)40;1-2-11-26(12-3-1)39-40-36-32-16-6-4-13-29(32)30-14-5-7-17-33(30)37(36)41(39)27-23-21-25(22-24-27)28-18-10-19-34-31-15-8-9-20-35(31)42-38(28)34;1-22(2)36-37-33-29-13-5-3-10-26(29)27-11-4-6-14-30(27)34(33)38(36)24-20-18-23(19-21-24)25-15-9-16-31-28-12-7-8-17-32(28)39-35(25)31/h1-28H;1-24H;3-22H,1-2H3. The molecule has 0 radical (unpaired) electrons. The number of imidazole rings is 3. The normalized spacial score (nSPS) is 11.9. The molecule has 27 rings (SSSR count). The summed E-state index contributed by atoms with van der Waals surface area (Å²) >= 11 is 5.63. The molecule has 0 atom stereocenters. The van der Waals surface area contributed by atoms with Crippen molar-refractivity contribution in [3.63, 3.8) is 0 Å². The van der Waals surface area contributed by atoms with Gasteiger partial charge in [0.05, 0.1) is 33.1 Å². The smallest absolute Gasteiger partial charge is 0.145 e. The third kappa shape index (κ3) is 12.6. The Kier molecular flexibility index (Phi) is 18.3. The summed E-state index contributed by atoms with van der Waals surface area (Å²) in [5.41, 5.74) is 22.0. The maximum Gasteiger partial charge on any atom is 0.145 e. The summed E-state index contributed by atoms with van der Waals surface area (Å²) in [7, 11) is 0. The second kappa shape index (κ2) is 31.1. The Morgan fingerprint density at radius 1 is 0.186 bits per heavy atom. The van der Waals surface area contributed by atoms with E-state index in [2.05, 4.69) is 458 Å². The molecular formula is C120H78N6S3. The number of nitrogens with zero attached hydrogens (tertiary/aromatic N) is 6. The number of fused-ring (bicyclic) bond motifs is 27. The van der Waals surface area contributed by atoms with Crippen LogP contribution in [0.1, 0.15) is 25.6 Å². The molecule has 606 valence electrons.